The number of halogens is 1. The molecule has 0 nitrogen and oxygen atoms in total. The van der Waals surface area contributed by atoms with E-state index in [0.29, 0.717) is 0 Å². The first-order chi connectivity index (χ1) is 4.74. The summed E-state index contributed by atoms with van der Waals surface area (Å²) in [5.74, 6) is 0. The molecular formula is C8H9ISi. The van der Waals surface area contributed by atoms with E-state index in [2.05, 4.69) is 53.8 Å². The van der Waals surface area contributed by atoms with Gasteiger partial charge < -0.3 is 0 Å². The Morgan fingerprint density at radius 2 is 2.00 bits per heavy atom. The monoisotopic (exact) mass is 260 g/mol. The standard InChI is InChI=1S/C8H9ISi/c1-6-3-4-8(10-9)7(2)5-6/h3-5H,1-2H3. The first-order valence-corrected chi connectivity index (χ1v) is 7.29. The lowest BCUT2D eigenvalue weighted by Gasteiger charge is -2.00. The van der Waals surface area contributed by atoms with Crippen molar-refractivity contribution in [3.8, 4) is 0 Å². The molecule has 2 heteroatoms. The van der Waals surface area contributed by atoms with Gasteiger partial charge in [0.1, 0.15) is 0 Å². The Morgan fingerprint density at radius 3 is 2.50 bits per heavy atom. The molecule has 0 aliphatic heterocycles. The highest BCUT2D eigenvalue weighted by Gasteiger charge is 1.95. The van der Waals surface area contributed by atoms with Crippen LogP contribution in [0.4, 0.5) is 0 Å². The molecule has 52 valence electrons. The molecule has 0 atom stereocenters. The summed E-state index contributed by atoms with van der Waals surface area (Å²) in [5, 5.41) is 1.48. The molecule has 0 bridgehead atoms. The van der Waals surface area contributed by atoms with Crippen LogP contribution >= 0.6 is 21.8 Å². The van der Waals surface area contributed by atoms with Gasteiger partial charge in [0.05, 0.1) is 0 Å². The van der Waals surface area contributed by atoms with E-state index in [9.17, 15) is 0 Å². The van der Waals surface area contributed by atoms with E-state index in [1.165, 1.54) is 16.3 Å². The fourth-order valence-corrected chi connectivity index (χ4v) is 3.10. The molecule has 0 saturated heterocycles. The third-order valence-electron chi connectivity index (χ3n) is 1.48. The van der Waals surface area contributed by atoms with Gasteiger partial charge in [-0.3, -0.25) is 0 Å². The van der Waals surface area contributed by atoms with Gasteiger partial charge in [-0.2, -0.15) is 0 Å². The van der Waals surface area contributed by atoms with Crippen LogP contribution in [0.5, 0.6) is 0 Å². The normalized spacial score (nSPS) is 9.90. The molecule has 0 saturated carbocycles. The van der Waals surface area contributed by atoms with E-state index >= 15 is 0 Å². The van der Waals surface area contributed by atoms with Crippen molar-refractivity contribution in [3.63, 3.8) is 0 Å². The van der Waals surface area contributed by atoms with Crippen LogP contribution in [0.15, 0.2) is 18.2 Å². The zero-order chi connectivity index (χ0) is 7.56. The van der Waals surface area contributed by atoms with Crippen molar-refractivity contribution in [2.75, 3.05) is 0 Å². The molecule has 2 radical (unpaired) electrons. The first-order valence-electron chi connectivity index (χ1n) is 3.18. The highest BCUT2D eigenvalue weighted by atomic mass is 127. The molecule has 0 aliphatic carbocycles. The van der Waals surface area contributed by atoms with Gasteiger partial charge in [0.2, 0.25) is 0 Å². The second-order valence-electron chi connectivity index (χ2n) is 2.41. The Labute approximate surface area is 77.1 Å². The molecular weight excluding hydrogens is 251 g/mol. The number of benzene rings is 1. The van der Waals surface area contributed by atoms with Gasteiger partial charge in [0, 0.05) is 0 Å². The van der Waals surface area contributed by atoms with Gasteiger partial charge in [0.15, 0.2) is 7.02 Å². The molecule has 0 aliphatic rings. The summed E-state index contributed by atoms with van der Waals surface area (Å²) >= 11 is 2.42. The van der Waals surface area contributed by atoms with E-state index in [0.717, 1.165) is 7.02 Å². The molecule has 1 aromatic rings. The maximum absolute atomic E-state index is 2.42. The fraction of sp³-hybridized carbons (Fsp3) is 0.250. The summed E-state index contributed by atoms with van der Waals surface area (Å²) in [6.07, 6.45) is 0. The van der Waals surface area contributed by atoms with Crippen LogP contribution in [-0.2, 0) is 0 Å². The molecule has 0 amide bonds. The minimum Gasteiger partial charge on any atom is -0.117 e. The van der Waals surface area contributed by atoms with Gasteiger partial charge in [0.25, 0.3) is 0 Å². The number of rotatable bonds is 1. The quantitative estimate of drug-likeness (QED) is 0.411. The first kappa shape index (κ1) is 8.27. The van der Waals surface area contributed by atoms with Crippen molar-refractivity contribution < 1.29 is 0 Å². The van der Waals surface area contributed by atoms with Gasteiger partial charge >= 0.3 is 0 Å². The SMILES string of the molecule is Cc1ccc([Si]I)c(C)c1. The summed E-state index contributed by atoms with van der Waals surface area (Å²) in [6.45, 7) is 4.31. The second-order valence-corrected chi connectivity index (χ2v) is 4.76. The summed E-state index contributed by atoms with van der Waals surface area (Å²) in [7, 11) is 0.895. The van der Waals surface area contributed by atoms with Crippen molar-refractivity contribution in [3.05, 3.63) is 29.3 Å². The van der Waals surface area contributed by atoms with E-state index in [1.807, 2.05) is 0 Å². The second kappa shape index (κ2) is 3.53. The minimum atomic E-state index is 0.895. The lowest BCUT2D eigenvalue weighted by molar-refractivity contribution is 1.41. The molecule has 0 unspecified atom stereocenters. The number of aryl methyl sites for hydroxylation is 2. The average molecular weight is 260 g/mol. The molecule has 0 fully saturated rings. The molecule has 0 N–H and O–H groups in total. The van der Waals surface area contributed by atoms with Gasteiger partial charge in [-0.25, -0.2) is 0 Å². The van der Waals surface area contributed by atoms with Crippen LogP contribution in [0.2, 0.25) is 0 Å². The largest absolute Gasteiger partial charge is 0.169 e. The topological polar surface area (TPSA) is 0 Å². The van der Waals surface area contributed by atoms with Crippen LogP contribution in [0.25, 0.3) is 0 Å². The summed E-state index contributed by atoms with van der Waals surface area (Å²) in [4.78, 5) is 0. The Kier molecular flexibility index (Phi) is 2.91. The van der Waals surface area contributed by atoms with Crippen molar-refractivity contribution in [1.29, 1.82) is 0 Å². The maximum Gasteiger partial charge on any atom is 0.169 e. The van der Waals surface area contributed by atoms with Crippen molar-refractivity contribution >= 4 is 34.0 Å². The van der Waals surface area contributed by atoms with Crippen LogP contribution in [0.3, 0.4) is 0 Å². The Balaban J connectivity index is 3.07. The van der Waals surface area contributed by atoms with E-state index in [1.54, 1.807) is 0 Å². The lowest BCUT2D eigenvalue weighted by atomic mass is 10.2. The maximum atomic E-state index is 2.42. The van der Waals surface area contributed by atoms with Crippen molar-refractivity contribution in [1.82, 2.24) is 0 Å². The van der Waals surface area contributed by atoms with Crippen LogP contribution in [0.1, 0.15) is 11.1 Å². The molecule has 10 heavy (non-hydrogen) atoms. The number of hydrogen-bond donors (Lipinski definition) is 0. The number of hydrogen-bond acceptors (Lipinski definition) is 0. The van der Waals surface area contributed by atoms with Gasteiger partial charge in [-0.15, -0.1) is 21.8 Å². The molecule has 1 aromatic carbocycles. The van der Waals surface area contributed by atoms with Gasteiger partial charge in [-0.1, -0.05) is 29.3 Å². The third-order valence-corrected chi connectivity index (χ3v) is 3.99. The van der Waals surface area contributed by atoms with Crippen molar-refractivity contribution in [2.24, 2.45) is 0 Å². The molecule has 0 heterocycles. The third kappa shape index (κ3) is 1.82. The van der Waals surface area contributed by atoms with E-state index in [4.69, 9.17) is 0 Å². The van der Waals surface area contributed by atoms with Crippen LogP contribution < -0.4 is 5.19 Å². The summed E-state index contributed by atoms with van der Waals surface area (Å²) in [5.41, 5.74) is 2.78. The average Bonchev–Trinajstić information content (AvgIpc) is 1.88. The van der Waals surface area contributed by atoms with Crippen LogP contribution in [-0.4, -0.2) is 7.02 Å². The van der Waals surface area contributed by atoms with Crippen LogP contribution in [0, 0.1) is 13.8 Å². The highest BCUT2D eigenvalue weighted by Crippen LogP contribution is 1.99. The Morgan fingerprint density at radius 1 is 1.30 bits per heavy atom. The minimum absolute atomic E-state index is 0.895. The smallest absolute Gasteiger partial charge is 0.117 e. The Bertz CT molecular complexity index is 233. The molecule has 0 spiro atoms. The fourth-order valence-electron chi connectivity index (χ4n) is 0.920. The van der Waals surface area contributed by atoms with Gasteiger partial charge in [-0.05, 0) is 19.0 Å². The lowest BCUT2D eigenvalue weighted by Crippen LogP contribution is -2.11. The predicted molar refractivity (Wildman–Crippen MR) is 55.3 cm³/mol. The van der Waals surface area contributed by atoms with Crippen molar-refractivity contribution in [2.45, 2.75) is 13.8 Å². The van der Waals surface area contributed by atoms with E-state index in [-0.39, 0.29) is 0 Å². The Hall–Kier alpha value is 0.167. The summed E-state index contributed by atoms with van der Waals surface area (Å²) < 4.78 is 0. The molecule has 0 aromatic heterocycles. The predicted octanol–water partition coefficient (Wildman–Crippen LogP) is 1.98. The zero-order valence-corrected chi connectivity index (χ0v) is 9.27. The summed E-state index contributed by atoms with van der Waals surface area (Å²) in [6, 6.07) is 6.63. The molecule has 1 rings (SSSR count). The highest BCUT2D eigenvalue weighted by molar-refractivity contribution is 14.1. The van der Waals surface area contributed by atoms with E-state index < -0.39 is 0 Å². The zero-order valence-electron chi connectivity index (χ0n) is 6.11.